The first-order chi connectivity index (χ1) is 7.16. The van der Waals surface area contributed by atoms with E-state index >= 15 is 0 Å². The minimum absolute atomic E-state index is 0.413. The van der Waals surface area contributed by atoms with E-state index in [0.717, 1.165) is 18.8 Å². The van der Waals surface area contributed by atoms with Crippen molar-refractivity contribution in [1.29, 1.82) is 0 Å². The van der Waals surface area contributed by atoms with Gasteiger partial charge in [-0.2, -0.15) is 0 Å². The summed E-state index contributed by atoms with van der Waals surface area (Å²) in [5, 5.41) is 3.51. The second-order valence-corrected chi connectivity index (χ2v) is 4.51. The quantitative estimate of drug-likeness (QED) is 0.819. The molecule has 0 aliphatic carbocycles. The van der Waals surface area contributed by atoms with E-state index < -0.39 is 0 Å². The Morgan fingerprint density at radius 2 is 2.07 bits per heavy atom. The Balaban J connectivity index is 2.15. The van der Waals surface area contributed by atoms with Crippen molar-refractivity contribution in [3.8, 4) is 5.75 Å². The van der Waals surface area contributed by atoms with E-state index in [9.17, 15) is 0 Å². The van der Waals surface area contributed by atoms with Gasteiger partial charge in [-0.25, -0.2) is 0 Å². The van der Waals surface area contributed by atoms with Gasteiger partial charge in [-0.05, 0) is 24.1 Å². The molecule has 1 aromatic carbocycles. The van der Waals surface area contributed by atoms with Crippen LogP contribution >= 0.6 is 0 Å². The Hall–Kier alpha value is -1.02. The van der Waals surface area contributed by atoms with Crippen LogP contribution in [0.4, 0.5) is 0 Å². The fourth-order valence-electron chi connectivity index (χ4n) is 2.07. The van der Waals surface area contributed by atoms with E-state index in [1.807, 2.05) is 0 Å². The van der Waals surface area contributed by atoms with Crippen LogP contribution in [0.5, 0.6) is 5.75 Å². The maximum atomic E-state index is 5.49. The second kappa shape index (κ2) is 4.23. The number of benzene rings is 1. The van der Waals surface area contributed by atoms with Gasteiger partial charge in [0.15, 0.2) is 0 Å². The number of nitrogens with one attached hydrogen (secondary N) is 1. The highest BCUT2D eigenvalue weighted by molar-refractivity contribution is 5.40. The Morgan fingerprint density at radius 1 is 1.27 bits per heavy atom. The van der Waals surface area contributed by atoms with Gasteiger partial charge in [0.25, 0.3) is 0 Å². The lowest BCUT2D eigenvalue weighted by atomic mass is 10.0. The zero-order valence-corrected chi connectivity index (χ0v) is 9.71. The fourth-order valence-corrected chi connectivity index (χ4v) is 2.07. The van der Waals surface area contributed by atoms with Gasteiger partial charge in [0, 0.05) is 18.5 Å². The van der Waals surface area contributed by atoms with Gasteiger partial charge in [0.1, 0.15) is 5.75 Å². The lowest BCUT2D eigenvalue weighted by molar-refractivity contribution is 0.356. The maximum absolute atomic E-state index is 5.49. The summed E-state index contributed by atoms with van der Waals surface area (Å²) in [6, 6.07) is 7.45. The Kier molecular flexibility index (Phi) is 2.96. The molecule has 1 heterocycles. The monoisotopic (exact) mass is 205 g/mol. The van der Waals surface area contributed by atoms with Crippen LogP contribution in [0.3, 0.4) is 0 Å². The fraction of sp³-hybridized carbons (Fsp3) is 0.538. The number of fused-ring (bicyclic) bond motifs is 1. The summed E-state index contributed by atoms with van der Waals surface area (Å²) >= 11 is 0. The molecule has 0 saturated carbocycles. The van der Waals surface area contributed by atoms with E-state index in [1.54, 1.807) is 0 Å². The average Bonchev–Trinajstić information content (AvgIpc) is 2.62. The van der Waals surface area contributed by atoms with E-state index in [1.165, 1.54) is 11.1 Å². The number of hydrogen-bond donors (Lipinski definition) is 1. The number of ether oxygens (including phenoxy) is 1. The van der Waals surface area contributed by atoms with Gasteiger partial charge in [-0.15, -0.1) is 0 Å². The zero-order valence-electron chi connectivity index (χ0n) is 9.71. The maximum Gasteiger partial charge on any atom is 0.122 e. The molecule has 0 bridgehead atoms. The lowest BCUT2D eigenvalue weighted by Crippen LogP contribution is -2.26. The summed E-state index contributed by atoms with van der Waals surface area (Å²) in [5.41, 5.74) is 2.71. The number of rotatable bonds is 3. The summed E-state index contributed by atoms with van der Waals surface area (Å²) in [7, 11) is 0. The highest BCUT2D eigenvalue weighted by Gasteiger charge is 2.14. The molecule has 1 atom stereocenters. The van der Waals surface area contributed by atoms with Gasteiger partial charge in [-0.3, -0.25) is 0 Å². The Labute approximate surface area is 91.6 Å². The molecule has 0 amide bonds. The van der Waals surface area contributed by atoms with Crippen molar-refractivity contribution >= 4 is 0 Å². The van der Waals surface area contributed by atoms with Gasteiger partial charge < -0.3 is 10.1 Å². The predicted molar refractivity (Wildman–Crippen MR) is 62.3 cm³/mol. The average molecular weight is 205 g/mol. The topological polar surface area (TPSA) is 21.3 Å². The van der Waals surface area contributed by atoms with Crippen LogP contribution in [0.25, 0.3) is 0 Å². The molecule has 2 nitrogen and oxygen atoms in total. The molecule has 0 saturated heterocycles. The molecule has 0 spiro atoms. The third kappa shape index (κ3) is 2.32. The summed E-state index contributed by atoms with van der Waals surface area (Å²) in [6.07, 6.45) is 1.05. The van der Waals surface area contributed by atoms with Crippen LogP contribution in [-0.4, -0.2) is 12.6 Å². The third-order valence-electron chi connectivity index (χ3n) is 2.80. The van der Waals surface area contributed by atoms with Crippen molar-refractivity contribution in [3.63, 3.8) is 0 Å². The van der Waals surface area contributed by atoms with Crippen molar-refractivity contribution in [2.75, 3.05) is 6.61 Å². The van der Waals surface area contributed by atoms with Gasteiger partial charge in [0.2, 0.25) is 0 Å². The molecule has 1 aliphatic rings. The molecule has 15 heavy (non-hydrogen) atoms. The minimum atomic E-state index is 0.413. The van der Waals surface area contributed by atoms with Crippen molar-refractivity contribution in [1.82, 2.24) is 5.32 Å². The molecule has 1 N–H and O–H groups in total. The molecule has 1 aromatic rings. The first kappa shape index (κ1) is 10.5. The van der Waals surface area contributed by atoms with Crippen LogP contribution in [0.2, 0.25) is 0 Å². The van der Waals surface area contributed by atoms with E-state index in [-0.39, 0.29) is 0 Å². The molecule has 2 rings (SSSR count). The summed E-state index contributed by atoms with van der Waals surface area (Å²) in [5.74, 6) is 1.07. The van der Waals surface area contributed by atoms with Crippen molar-refractivity contribution in [2.45, 2.75) is 39.3 Å². The van der Waals surface area contributed by atoms with Gasteiger partial charge >= 0.3 is 0 Å². The van der Waals surface area contributed by atoms with Gasteiger partial charge in [0.05, 0.1) is 6.61 Å². The minimum Gasteiger partial charge on any atom is -0.493 e. The van der Waals surface area contributed by atoms with E-state index in [0.29, 0.717) is 12.1 Å². The third-order valence-corrected chi connectivity index (χ3v) is 2.80. The molecule has 0 radical (unpaired) electrons. The molecule has 0 aromatic heterocycles. The summed E-state index contributed by atoms with van der Waals surface area (Å²) in [4.78, 5) is 0. The summed E-state index contributed by atoms with van der Waals surface area (Å²) < 4.78 is 5.49. The normalized spacial score (nSPS) is 16.3. The van der Waals surface area contributed by atoms with Crippen molar-refractivity contribution < 1.29 is 4.74 Å². The molecular formula is C13H19NO. The zero-order chi connectivity index (χ0) is 10.8. The highest BCUT2D eigenvalue weighted by Crippen LogP contribution is 2.28. The molecule has 1 aliphatic heterocycles. The smallest absolute Gasteiger partial charge is 0.122 e. The van der Waals surface area contributed by atoms with Gasteiger partial charge in [-0.1, -0.05) is 26.0 Å². The van der Waals surface area contributed by atoms with Crippen LogP contribution < -0.4 is 10.1 Å². The van der Waals surface area contributed by atoms with E-state index in [2.05, 4.69) is 44.3 Å². The first-order valence-corrected chi connectivity index (χ1v) is 5.68. The van der Waals surface area contributed by atoms with Crippen molar-refractivity contribution in [3.05, 3.63) is 29.3 Å². The predicted octanol–water partition coefficient (Wildman–Crippen LogP) is 2.68. The van der Waals surface area contributed by atoms with Crippen molar-refractivity contribution in [2.24, 2.45) is 0 Å². The Bertz CT molecular complexity index is 346. The van der Waals surface area contributed by atoms with Crippen LogP contribution in [0.15, 0.2) is 18.2 Å². The Morgan fingerprint density at radius 3 is 2.80 bits per heavy atom. The second-order valence-electron chi connectivity index (χ2n) is 4.51. The van der Waals surface area contributed by atoms with Crippen LogP contribution in [0, 0.1) is 0 Å². The largest absolute Gasteiger partial charge is 0.493 e. The first-order valence-electron chi connectivity index (χ1n) is 5.68. The summed E-state index contributed by atoms with van der Waals surface area (Å²) in [6.45, 7) is 7.39. The highest BCUT2D eigenvalue weighted by atomic mass is 16.5. The SMILES string of the molecule is CC(C)NC(C)c1ccc2c(c1)CCO2. The molecular weight excluding hydrogens is 186 g/mol. The van der Waals surface area contributed by atoms with Crippen LogP contribution in [-0.2, 0) is 6.42 Å². The van der Waals surface area contributed by atoms with E-state index in [4.69, 9.17) is 4.74 Å². The standard InChI is InChI=1S/C13H19NO/c1-9(2)14-10(3)11-4-5-13-12(8-11)6-7-15-13/h4-5,8-10,14H,6-7H2,1-3H3. The lowest BCUT2D eigenvalue weighted by Gasteiger charge is -2.17. The molecule has 0 fully saturated rings. The number of hydrogen-bond acceptors (Lipinski definition) is 2. The van der Waals surface area contributed by atoms with Crippen LogP contribution in [0.1, 0.15) is 37.9 Å². The molecule has 2 heteroatoms. The molecule has 82 valence electrons. The molecule has 1 unspecified atom stereocenters.